The van der Waals surface area contributed by atoms with E-state index in [1.165, 1.54) is 31.2 Å². The molecule has 2 N–H and O–H groups in total. The van der Waals surface area contributed by atoms with Crippen molar-refractivity contribution in [1.29, 1.82) is 0 Å². The number of anilines is 1. The van der Waals surface area contributed by atoms with Gasteiger partial charge in [-0.3, -0.25) is 14.5 Å². The van der Waals surface area contributed by atoms with Crippen LogP contribution in [0, 0.1) is 5.92 Å². The molecule has 1 atom stereocenters. The number of amides is 2. The van der Waals surface area contributed by atoms with E-state index in [0.717, 1.165) is 4.90 Å². The fourth-order valence-corrected chi connectivity index (χ4v) is 2.88. The van der Waals surface area contributed by atoms with E-state index >= 15 is 0 Å². The number of benzene rings is 1. The fourth-order valence-electron chi connectivity index (χ4n) is 2.88. The van der Waals surface area contributed by atoms with Crippen molar-refractivity contribution in [2.45, 2.75) is 27.2 Å². The van der Waals surface area contributed by atoms with Crippen molar-refractivity contribution in [1.82, 2.24) is 0 Å². The normalized spacial score (nSPS) is 17.6. The first-order chi connectivity index (χ1) is 12.8. The quantitative estimate of drug-likeness (QED) is 0.456. The largest absolute Gasteiger partial charge is 0.463 e. The van der Waals surface area contributed by atoms with Gasteiger partial charge >= 0.3 is 11.9 Å². The number of carbonyl (C=O) groups excluding carboxylic acids is 4. The number of allylic oxidation sites excluding steroid dienone is 1. The monoisotopic (exact) mass is 374 g/mol. The molecule has 0 bridgehead atoms. The predicted octanol–water partition coefficient (Wildman–Crippen LogP) is 1.54. The first kappa shape index (κ1) is 20.2. The Morgan fingerprint density at radius 3 is 2.22 bits per heavy atom. The molecule has 1 aliphatic heterocycles. The molecular formula is C19H22N2O6. The van der Waals surface area contributed by atoms with Crippen LogP contribution >= 0.6 is 0 Å². The van der Waals surface area contributed by atoms with Crippen LogP contribution in [0.3, 0.4) is 0 Å². The summed E-state index contributed by atoms with van der Waals surface area (Å²) in [7, 11) is 0. The Balaban J connectivity index is 2.29. The average Bonchev–Trinajstić information content (AvgIpc) is 2.89. The lowest BCUT2D eigenvalue weighted by molar-refractivity contribution is -0.140. The maximum absolute atomic E-state index is 12.8. The molecule has 2 rings (SSSR count). The number of carbonyl (C=O) groups is 4. The van der Waals surface area contributed by atoms with Gasteiger partial charge in [0.15, 0.2) is 0 Å². The lowest BCUT2D eigenvalue weighted by Crippen LogP contribution is -2.32. The summed E-state index contributed by atoms with van der Waals surface area (Å²) in [6, 6.07) is 5.90. The second kappa shape index (κ2) is 8.48. The number of hydrogen-bond donors (Lipinski definition) is 1. The summed E-state index contributed by atoms with van der Waals surface area (Å²) < 4.78 is 9.86. The van der Waals surface area contributed by atoms with Crippen LogP contribution in [0.5, 0.6) is 0 Å². The van der Waals surface area contributed by atoms with Gasteiger partial charge in [0.05, 0.1) is 36.0 Å². The minimum Gasteiger partial charge on any atom is -0.463 e. The Morgan fingerprint density at radius 2 is 1.70 bits per heavy atom. The number of imide groups is 1. The molecule has 1 aromatic carbocycles. The zero-order chi connectivity index (χ0) is 20.1. The molecule has 8 nitrogen and oxygen atoms in total. The SMILES string of the molecule is CCOC(=O)/C(=C(/C)N)[C@@H]1CC(=O)N(c2ccc(C(=O)OCC)cc2)C1=O. The predicted molar refractivity (Wildman–Crippen MR) is 96.5 cm³/mol. The Kier molecular flexibility index (Phi) is 6.33. The van der Waals surface area contributed by atoms with Crippen LogP contribution in [0.1, 0.15) is 37.6 Å². The standard InChI is InChI=1S/C19H22N2O6/c1-4-26-18(24)12-6-8-13(9-7-12)21-15(22)10-14(17(21)23)16(11(3)20)19(25)27-5-2/h6-9,14H,4-5,10,20H2,1-3H3/b16-11-/t14-/m0/s1. The van der Waals surface area contributed by atoms with Crippen LogP contribution < -0.4 is 10.6 Å². The summed E-state index contributed by atoms with van der Waals surface area (Å²) in [5.74, 6) is -3.21. The molecule has 1 aromatic rings. The molecule has 0 aliphatic carbocycles. The van der Waals surface area contributed by atoms with Crippen molar-refractivity contribution in [2.75, 3.05) is 18.1 Å². The van der Waals surface area contributed by atoms with Gasteiger partial charge < -0.3 is 15.2 Å². The van der Waals surface area contributed by atoms with Gasteiger partial charge in [0.25, 0.3) is 0 Å². The van der Waals surface area contributed by atoms with E-state index in [1.54, 1.807) is 13.8 Å². The molecule has 8 heteroatoms. The number of rotatable bonds is 6. The van der Waals surface area contributed by atoms with Crippen molar-refractivity contribution >= 4 is 29.4 Å². The lowest BCUT2D eigenvalue weighted by atomic mass is 9.95. The second-order valence-corrected chi connectivity index (χ2v) is 5.91. The number of nitrogens with two attached hydrogens (primary N) is 1. The Bertz CT molecular complexity index is 793. The zero-order valence-electron chi connectivity index (χ0n) is 15.5. The third kappa shape index (κ3) is 4.16. The number of esters is 2. The summed E-state index contributed by atoms with van der Waals surface area (Å²) in [5, 5.41) is 0. The van der Waals surface area contributed by atoms with Crippen molar-refractivity contribution < 1.29 is 28.7 Å². The number of hydrogen-bond acceptors (Lipinski definition) is 7. The summed E-state index contributed by atoms with van der Waals surface area (Å²) in [6.07, 6.45) is -0.179. The highest BCUT2D eigenvalue weighted by Gasteiger charge is 2.44. The van der Waals surface area contributed by atoms with Gasteiger partial charge in [-0.05, 0) is 45.0 Å². The second-order valence-electron chi connectivity index (χ2n) is 5.91. The van der Waals surface area contributed by atoms with Crippen molar-refractivity contribution in [3.63, 3.8) is 0 Å². The van der Waals surface area contributed by atoms with Crippen LogP contribution in [0.2, 0.25) is 0 Å². The van der Waals surface area contributed by atoms with Crippen LogP contribution in [0.4, 0.5) is 5.69 Å². The molecular weight excluding hydrogens is 352 g/mol. The molecule has 1 aliphatic rings. The van der Waals surface area contributed by atoms with Gasteiger partial charge in [0, 0.05) is 12.1 Å². The fraction of sp³-hybridized carbons (Fsp3) is 0.368. The molecule has 1 heterocycles. The minimum atomic E-state index is -0.994. The maximum Gasteiger partial charge on any atom is 0.338 e. The van der Waals surface area contributed by atoms with Gasteiger partial charge in [0.2, 0.25) is 11.8 Å². The van der Waals surface area contributed by atoms with Gasteiger partial charge in [0.1, 0.15) is 0 Å². The summed E-state index contributed by atoms with van der Waals surface area (Å²) in [5.41, 5.74) is 6.52. The number of nitrogens with zero attached hydrogens (tertiary/aromatic N) is 1. The molecule has 2 amide bonds. The highest BCUT2D eigenvalue weighted by atomic mass is 16.5. The molecule has 0 unspecified atom stereocenters. The first-order valence-electron chi connectivity index (χ1n) is 8.59. The van der Waals surface area contributed by atoms with E-state index in [-0.39, 0.29) is 30.9 Å². The van der Waals surface area contributed by atoms with Gasteiger partial charge in [-0.25, -0.2) is 9.59 Å². The average molecular weight is 374 g/mol. The molecule has 1 fully saturated rings. The van der Waals surface area contributed by atoms with Gasteiger partial charge in [-0.2, -0.15) is 0 Å². The van der Waals surface area contributed by atoms with Crippen LogP contribution in [0.25, 0.3) is 0 Å². The number of ether oxygens (including phenoxy) is 2. The topological polar surface area (TPSA) is 116 Å². The highest BCUT2D eigenvalue weighted by molar-refractivity contribution is 6.23. The summed E-state index contributed by atoms with van der Waals surface area (Å²) in [6.45, 7) is 5.19. The van der Waals surface area contributed by atoms with Crippen molar-refractivity contribution in [2.24, 2.45) is 11.7 Å². The van der Waals surface area contributed by atoms with Crippen LogP contribution in [-0.2, 0) is 23.9 Å². The van der Waals surface area contributed by atoms with Crippen molar-refractivity contribution in [3.05, 3.63) is 41.1 Å². The van der Waals surface area contributed by atoms with E-state index < -0.39 is 29.7 Å². The highest BCUT2D eigenvalue weighted by Crippen LogP contribution is 2.32. The van der Waals surface area contributed by atoms with E-state index in [1.807, 2.05) is 0 Å². The maximum atomic E-state index is 12.8. The molecule has 1 saturated heterocycles. The van der Waals surface area contributed by atoms with Crippen LogP contribution in [0.15, 0.2) is 35.5 Å². The van der Waals surface area contributed by atoms with E-state index in [0.29, 0.717) is 11.3 Å². The Morgan fingerprint density at radius 1 is 1.11 bits per heavy atom. The Labute approximate surface area is 156 Å². The lowest BCUT2D eigenvalue weighted by Gasteiger charge is -2.17. The van der Waals surface area contributed by atoms with Gasteiger partial charge in [-0.15, -0.1) is 0 Å². The van der Waals surface area contributed by atoms with Crippen molar-refractivity contribution in [3.8, 4) is 0 Å². The molecule has 144 valence electrons. The third-order valence-electron chi connectivity index (χ3n) is 4.05. The Hall–Kier alpha value is -3.16. The van der Waals surface area contributed by atoms with E-state index in [9.17, 15) is 19.2 Å². The molecule has 0 radical (unpaired) electrons. The molecule has 0 saturated carbocycles. The van der Waals surface area contributed by atoms with E-state index in [2.05, 4.69) is 0 Å². The van der Waals surface area contributed by atoms with E-state index in [4.69, 9.17) is 15.2 Å². The molecule has 0 aromatic heterocycles. The van der Waals surface area contributed by atoms with Crippen LogP contribution in [-0.4, -0.2) is 37.0 Å². The zero-order valence-corrected chi connectivity index (χ0v) is 15.5. The first-order valence-corrected chi connectivity index (χ1v) is 8.59. The smallest absolute Gasteiger partial charge is 0.338 e. The van der Waals surface area contributed by atoms with Gasteiger partial charge in [-0.1, -0.05) is 0 Å². The molecule has 0 spiro atoms. The summed E-state index contributed by atoms with van der Waals surface area (Å²) in [4.78, 5) is 50.1. The minimum absolute atomic E-state index is 0.000781. The summed E-state index contributed by atoms with van der Waals surface area (Å²) >= 11 is 0. The molecule has 27 heavy (non-hydrogen) atoms. The third-order valence-corrected chi connectivity index (χ3v) is 4.05.